The topological polar surface area (TPSA) is 82.0 Å². The largest absolute Gasteiger partial charge is 0.314 e. The average Bonchev–Trinajstić information content (AvgIpc) is 2.92. The van der Waals surface area contributed by atoms with Gasteiger partial charge in [-0.05, 0) is 37.4 Å². The Hall–Kier alpha value is -1.42. The van der Waals surface area contributed by atoms with Crippen molar-refractivity contribution < 1.29 is 8.42 Å². The molecule has 1 fully saturated rings. The van der Waals surface area contributed by atoms with Gasteiger partial charge in [-0.3, -0.25) is 0 Å². The minimum Gasteiger partial charge on any atom is -0.314 e. The molecule has 20 heavy (non-hydrogen) atoms. The van der Waals surface area contributed by atoms with Crippen molar-refractivity contribution in [2.45, 2.75) is 31.1 Å². The maximum atomic E-state index is 12.0. The summed E-state index contributed by atoms with van der Waals surface area (Å²) in [5.41, 5.74) is 0.955. The first-order valence-electron chi connectivity index (χ1n) is 6.79. The van der Waals surface area contributed by atoms with Crippen LogP contribution in [0.2, 0.25) is 0 Å². The van der Waals surface area contributed by atoms with E-state index in [9.17, 15) is 8.42 Å². The van der Waals surface area contributed by atoms with E-state index in [4.69, 9.17) is 5.26 Å². The van der Waals surface area contributed by atoms with Crippen LogP contribution in [0.25, 0.3) is 0 Å². The Labute approximate surface area is 120 Å². The van der Waals surface area contributed by atoms with Gasteiger partial charge in [0.25, 0.3) is 0 Å². The lowest BCUT2D eigenvalue weighted by molar-refractivity contribution is 0.539. The summed E-state index contributed by atoms with van der Waals surface area (Å²) in [6.07, 6.45) is 3.07. The molecule has 0 bridgehead atoms. The normalized spacial score (nSPS) is 18.9. The van der Waals surface area contributed by atoms with Gasteiger partial charge in [-0.15, -0.1) is 0 Å². The van der Waals surface area contributed by atoms with Crippen molar-refractivity contribution in [3.05, 3.63) is 35.4 Å². The second kappa shape index (κ2) is 6.84. The molecule has 1 heterocycles. The number of rotatable bonds is 6. The van der Waals surface area contributed by atoms with Gasteiger partial charge in [0.15, 0.2) is 0 Å². The monoisotopic (exact) mass is 293 g/mol. The number of benzene rings is 1. The Balaban J connectivity index is 1.88. The first-order chi connectivity index (χ1) is 9.61. The van der Waals surface area contributed by atoms with Crippen LogP contribution in [0.4, 0.5) is 0 Å². The highest BCUT2D eigenvalue weighted by atomic mass is 32.2. The van der Waals surface area contributed by atoms with Crippen LogP contribution in [0, 0.1) is 11.3 Å². The molecule has 1 saturated heterocycles. The molecule has 0 spiro atoms. The van der Waals surface area contributed by atoms with E-state index in [1.165, 1.54) is 0 Å². The van der Waals surface area contributed by atoms with E-state index in [0.29, 0.717) is 23.7 Å². The number of hydrogen-bond acceptors (Lipinski definition) is 4. The van der Waals surface area contributed by atoms with Crippen molar-refractivity contribution in [2.24, 2.45) is 0 Å². The fourth-order valence-electron chi connectivity index (χ4n) is 2.40. The molecule has 2 N–H and O–H groups in total. The van der Waals surface area contributed by atoms with E-state index < -0.39 is 10.0 Å². The van der Waals surface area contributed by atoms with Crippen molar-refractivity contribution in [1.29, 1.82) is 5.26 Å². The van der Waals surface area contributed by atoms with Crippen LogP contribution in [0.1, 0.15) is 30.4 Å². The molecule has 0 aromatic heterocycles. The molecule has 1 aliphatic rings. The van der Waals surface area contributed by atoms with Crippen molar-refractivity contribution >= 4 is 10.0 Å². The number of nitrogens with one attached hydrogen (secondary N) is 2. The molecule has 1 aromatic rings. The summed E-state index contributed by atoms with van der Waals surface area (Å²) in [5.74, 6) is -0.144. The van der Waals surface area contributed by atoms with Gasteiger partial charge in [-0.1, -0.05) is 18.2 Å². The summed E-state index contributed by atoms with van der Waals surface area (Å²) in [6.45, 7) is 1.46. The minimum absolute atomic E-state index is 0.144. The molecular formula is C14H19N3O2S. The maximum Gasteiger partial charge on any atom is 0.215 e. The molecule has 6 heteroatoms. The van der Waals surface area contributed by atoms with Crippen LogP contribution in [0.15, 0.2) is 24.3 Å². The molecule has 1 atom stereocenters. The molecule has 1 aliphatic heterocycles. The van der Waals surface area contributed by atoms with Gasteiger partial charge < -0.3 is 5.32 Å². The maximum absolute atomic E-state index is 12.0. The molecule has 108 valence electrons. The SMILES string of the molecule is N#Cc1ccccc1CS(=O)(=O)NCC[C@@H]1CCCN1. The zero-order valence-electron chi connectivity index (χ0n) is 11.3. The zero-order chi connectivity index (χ0) is 14.4. The molecule has 1 aromatic carbocycles. The van der Waals surface area contributed by atoms with E-state index in [1.54, 1.807) is 24.3 Å². The highest BCUT2D eigenvalue weighted by Crippen LogP contribution is 2.11. The van der Waals surface area contributed by atoms with Crippen LogP contribution in [-0.2, 0) is 15.8 Å². The lowest BCUT2D eigenvalue weighted by Crippen LogP contribution is -2.31. The first-order valence-corrected chi connectivity index (χ1v) is 8.45. The highest BCUT2D eigenvalue weighted by Gasteiger charge is 2.17. The summed E-state index contributed by atoms with van der Waals surface area (Å²) in [4.78, 5) is 0. The summed E-state index contributed by atoms with van der Waals surface area (Å²) < 4.78 is 26.6. The fourth-order valence-corrected chi connectivity index (χ4v) is 3.59. The van der Waals surface area contributed by atoms with Gasteiger partial charge >= 0.3 is 0 Å². The van der Waals surface area contributed by atoms with Gasteiger partial charge in [-0.25, -0.2) is 13.1 Å². The minimum atomic E-state index is -3.39. The standard InChI is InChI=1S/C14H19N3O2S/c15-10-12-4-1-2-5-13(12)11-20(18,19)17-9-7-14-6-3-8-16-14/h1-2,4-5,14,16-17H,3,6-9,11H2/t14-/m0/s1. The molecule has 0 amide bonds. The van der Waals surface area contributed by atoms with E-state index in [1.807, 2.05) is 6.07 Å². The predicted molar refractivity (Wildman–Crippen MR) is 77.4 cm³/mol. The van der Waals surface area contributed by atoms with E-state index in [0.717, 1.165) is 25.8 Å². The van der Waals surface area contributed by atoms with Crippen LogP contribution >= 0.6 is 0 Å². The average molecular weight is 293 g/mol. The summed E-state index contributed by atoms with van der Waals surface area (Å²) in [5, 5.41) is 12.3. The number of hydrogen-bond donors (Lipinski definition) is 2. The summed E-state index contributed by atoms with van der Waals surface area (Å²) >= 11 is 0. The second-order valence-corrected chi connectivity index (χ2v) is 6.81. The lowest BCUT2D eigenvalue weighted by Gasteiger charge is -2.11. The van der Waals surface area contributed by atoms with E-state index >= 15 is 0 Å². The molecule has 0 radical (unpaired) electrons. The lowest BCUT2D eigenvalue weighted by atomic mass is 10.1. The molecule has 0 unspecified atom stereocenters. The third-order valence-electron chi connectivity index (χ3n) is 3.46. The fraction of sp³-hybridized carbons (Fsp3) is 0.500. The van der Waals surface area contributed by atoms with Crippen molar-refractivity contribution in [3.63, 3.8) is 0 Å². The van der Waals surface area contributed by atoms with Crippen LogP contribution in [0.3, 0.4) is 0 Å². The summed E-state index contributed by atoms with van der Waals surface area (Å²) in [6, 6.07) is 9.22. The molecule has 2 rings (SSSR count). The quantitative estimate of drug-likeness (QED) is 0.823. The first kappa shape index (κ1) is 15.0. The molecule has 0 aliphatic carbocycles. The molecular weight excluding hydrogens is 274 g/mol. The van der Waals surface area contributed by atoms with Crippen molar-refractivity contribution in [1.82, 2.24) is 10.0 Å². The van der Waals surface area contributed by atoms with Crippen LogP contribution in [-0.4, -0.2) is 27.5 Å². The molecule has 5 nitrogen and oxygen atoms in total. The predicted octanol–water partition coefficient (Wildman–Crippen LogP) is 1.12. The van der Waals surface area contributed by atoms with E-state index in [-0.39, 0.29) is 5.75 Å². The third kappa shape index (κ3) is 4.30. The van der Waals surface area contributed by atoms with Gasteiger partial charge in [0, 0.05) is 12.6 Å². The Morgan fingerprint density at radius 1 is 1.40 bits per heavy atom. The number of nitriles is 1. The zero-order valence-corrected chi connectivity index (χ0v) is 12.1. The number of sulfonamides is 1. The van der Waals surface area contributed by atoms with E-state index in [2.05, 4.69) is 10.0 Å². The smallest absolute Gasteiger partial charge is 0.215 e. The Kier molecular flexibility index (Phi) is 5.12. The van der Waals surface area contributed by atoms with Crippen LogP contribution in [0.5, 0.6) is 0 Å². The highest BCUT2D eigenvalue weighted by molar-refractivity contribution is 7.88. The Morgan fingerprint density at radius 3 is 2.90 bits per heavy atom. The number of nitrogens with zero attached hydrogens (tertiary/aromatic N) is 1. The Morgan fingerprint density at radius 2 is 2.20 bits per heavy atom. The second-order valence-electron chi connectivity index (χ2n) is 5.00. The van der Waals surface area contributed by atoms with Gasteiger partial charge in [0.1, 0.15) is 0 Å². The van der Waals surface area contributed by atoms with Gasteiger partial charge in [0.05, 0.1) is 17.4 Å². The Bertz CT molecular complexity index is 587. The van der Waals surface area contributed by atoms with Crippen LogP contribution < -0.4 is 10.0 Å². The van der Waals surface area contributed by atoms with Crippen molar-refractivity contribution in [3.8, 4) is 6.07 Å². The van der Waals surface area contributed by atoms with Gasteiger partial charge in [-0.2, -0.15) is 5.26 Å². The molecule has 0 saturated carbocycles. The third-order valence-corrected chi connectivity index (χ3v) is 4.80. The summed E-state index contributed by atoms with van der Waals surface area (Å²) in [7, 11) is -3.39. The van der Waals surface area contributed by atoms with Gasteiger partial charge in [0.2, 0.25) is 10.0 Å². The van der Waals surface area contributed by atoms with Crippen molar-refractivity contribution in [2.75, 3.05) is 13.1 Å².